The maximum Gasteiger partial charge on any atom is 0.409 e. The van der Waals surface area contributed by atoms with E-state index >= 15 is 0 Å². The Morgan fingerprint density at radius 3 is 2.48 bits per heavy atom. The molecule has 1 aliphatic rings. The predicted octanol–water partition coefficient (Wildman–Crippen LogP) is 2.01. The van der Waals surface area contributed by atoms with Gasteiger partial charge >= 0.3 is 6.09 Å². The van der Waals surface area contributed by atoms with Crippen LogP contribution in [0.15, 0.2) is 30.3 Å². The predicted molar refractivity (Wildman–Crippen MR) is 99.7 cm³/mol. The maximum atomic E-state index is 12.9. The maximum absolute atomic E-state index is 12.9. The van der Waals surface area contributed by atoms with E-state index in [1.54, 1.807) is 41.6 Å². The molecule has 0 bridgehead atoms. The van der Waals surface area contributed by atoms with Crippen LogP contribution in [0, 0.1) is 0 Å². The van der Waals surface area contributed by atoms with Gasteiger partial charge in [0.25, 0.3) is 5.91 Å². The van der Waals surface area contributed by atoms with Crippen molar-refractivity contribution in [2.75, 3.05) is 39.9 Å². The summed E-state index contributed by atoms with van der Waals surface area (Å²) in [6, 6.07) is 9.35. The van der Waals surface area contributed by atoms with Crippen molar-refractivity contribution in [3.05, 3.63) is 36.0 Å². The van der Waals surface area contributed by atoms with Crippen molar-refractivity contribution in [3.8, 4) is 17.0 Å². The molecule has 0 N–H and O–H groups in total. The fourth-order valence-corrected chi connectivity index (χ4v) is 3.06. The van der Waals surface area contributed by atoms with E-state index in [2.05, 4.69) is 5.10 Å². The van der Waals surface area contributed by atoms with Crippen LogP contribution in [-0.2, 0) is 11.8 Å². The Labute approximate surface area is 158 Å². The van der Waals surface area contributed by atoms with Gasteiger partial charge in [-0.2, -0.15) is 5.10 Å². The van der Waals surface area contributed by atoms with Gasteiger partial charge in [-0.05, 0) is 25.1 Å². The first kappa shape index (κ1) is 18.8. The molecular formula is C19H24N4O4. The van der Waals surface area contributed by atoms with Gasteiger partial charge in [-0.3, -0.25) is 9.48 Å². The summed E-state index contributed by atoms with van der Waals surface area (Å²) in [5.74, 6) is 0.642. The number of aryl methyl sites for hydroxylation is 1. The number of carbonyl (C=O) groups excluding carboxylic acids is 2. The number of benzene rings is 1. The van der Waals surface area contributed by atoms with Crippen molar-refractivity contribution in [2.45, 2.75) is 6.92 Å². The van der Waals surface area contributed by atoms with Gasteiger partial charge in [-0.1, -0.05) is 12.1 Å². The molecular weight excluding hydrogens is 348 g/mol. The van der Waals surface area contributed by atoms with Gasteiger partial charge in [0, 0.05) is 38.8 Å². The second kappa shape index (κ2) is 8.11. The Hall–Kier alpha value is -3.03. The van der Waals surface area contributed by atoms with Gasteiger partial charge in [-0.25, -0.2) is 4.79 Å². The molecule has 27 heavy (non-hydrogen) atoms. The molecule has 0 saturated carbocycles. The van der Waals surface area contributed by atoms with E-state index in [4.69, 9.17) is 9.47 Å². The Balaban J connectivity index is 1.71. The number of methoxy groups -OCH3 is 1. The molecule has 1 aromatic carbocycles. The lowest BCUT2D eigenvalue weighted by atomic mass is 10.1. The van der Waals surface area contributed by atoms with Crippen LogP contribution in [0.5, 0.6) is 5.75 Å². The van der Waals surface area contributed by atoms with Gasteiger partial charge in [0.2, 0.25) is 0 Å². The van der Waals surface area contributed by atoms with E-state index < -0.39 is 0 Å². The standard InChI is InChI=1S/C19H24N4O4/c1-4-27-19(25)23-10-8-22(9-11-23)18(24)17-13-16(20-21(17)2)14-6-5-7-15(12-14)26-3/h5-7,12-13H,4,8-11H2,1-3H3. The highest BCUT2D eigenvalue weighted by atomic mass is 16.6. The van der Waals surface area contributed by atoms with Crippen LogP contribution in [0.3, 0.4) is 0 Å². The largest absolute Gasteiger partial charge is 0.497 e. The third-order valence-corrected chi connectivity index (χ3v) is 4.56. The zero-order valence-corrected chi connectivity index (χ0v) is 15.8. The van der Waals surface area contributed by atoms with Crippen molar-refractivity contribution < 1.29 is 19.1 Å². The summed E-state index contributed by atoms with van der Waals surface area (Å²) >= 11 is 0. The van der Waals surface area contributed by atoms with E-state index in [-0.39, 0.29) is 12.0 Å². The number of nitrogens with zero attached hydrogens (tertiary/aromatic N) is 4. The minimum absolute atomic E-state index is 0.0948. The van der Waals surface area contributed by atoms with Crippen molar-refractivity contribution in [1.82, 2.24) is 19.6 Å². The number of carbonyl (C=O) groups is 2. The summed E-state index contributed by atoms with van der Waals surface area (Å²) in [5, 5.41) is 4.47. The molecule has 0 radical (unpaired) electrons. The summed E-state index contributed by atoms with van der Waals surface area (Å²) in [6.07, 6.45) is -0.328. The zero-order chi connectivity index (χ0) is 19.4. The SMILES string of the molecule is CCOC(=O)N1CCN(C(=O)c2cc(-c3cccc(OC)c3)nn2C)CC1. The molecule has 0 spiro atoms. The normalized spacial score (nSPS) is 14.2. The van der Waals surface area contributed by atoms with Crippen molar-refractivity contribution in [3.63, 3.8) is 0 Å². The van der Waals surface area contributed by atoms with Gasteiger partial charge in [0.15, 0.2) is 0 Å². The van der Waals surface area contributed by atoms with E-state index in [0.717, 1.165) is 11.3 Å². The quantitative estimate of drug-likeness (QED) is 0.821. The number of hydrogen-bond acceptors (Lipinski definition) is 5. The fourth-order valence-electron chi connectivity index (χ4n) is 3.06. The average Bonchev–Trinajstić information content (AvgIpc) is 3.09. The second-order valence-electron chi connectivity index (χ2n) is 6.25. The van der Waals surface area contributed by atoms with Crippen LogP contribution in [0.1, 0.15) is 17.4 Å². The molecule has 1 fully saturated rings. The van der Waals surface area contributed by atoms with Crippen LogP contribution >= 0.6 is 0 Å². The molecule has 2 aromatic rings. The minimum atomic E-state index is -0.328. The molecule has 1 aliphatic heterocycles. The van der Waals surface area contributed by atoms with E-state index in [0.29, 0.717) is 44.2 Å². The number of piperazine rings is 1. The number of ether oxygens (including phenoxy) is 2. The lowest BCUT2D eigenvalue weighted by molar-refractivity contribution is 0.0562. The average molecular weight is 372 g/mol. The number of aromatic nitrogens is 2. The molecule has 8 heteroatoms. The number of rotatable bonds is 4. The molecule has 2 amide bonds. The molecule has 144 valence electrons. The smallest absolute Gasteiger partial charge is 0.409 e. The van der Waals surface area contributed by atoms with E-state index in [1.807, 2.05) is 24.3 Å². The molecule has 0 atom stereocenters. The summed E-state index contributed by atoms with van der Waals surface area (Å²) in [7, 11) is 3.37. The molecule has 3 rings (SSSR count). The highest BCUT2D eigenvalue weighted by Crippen LogP contribution is 2.24. The second-order valence-corrected chi connectivity index (χ2v) is 6.25. The van der Waals surface area contributed by atoms with E-state index in [1.165, 1.54) is 0 Å². The van der Waals surface area contributed by atoms with E-state index in [9.17, 15) is 9.59 Å². The first-order chi connectivity index (χ1) is 13.0. The summed E-state index contributed by atoms with van der Waals surface area (Å²) in [4.78, 5) is 28.0. The highest BCUT2D eigenvalue weighted by molar-refractivity contribution is 5.94. The Kier molecular flexibility index (Phi) is 5.63. The fraction of sp³-hybridized carbons (Fsp3) is 0.421. The van der Waals surface area contributed by atoms with Gasteiger partial charge < -0.3 is 19.3 Å². The van der Waals surface area contributed by atoms with Crippen LogP contribution in [0.4, 0.5) is 4.79 Å². The van der Waals surface area contributed by atoms with Crippen LogP contribution in [-0.4, -0.2) is 71.5 Å². The van der Waals surface area contributed by atoms with Gasteiger partial charge in [-0.15, -0.1) is 0 Å². The minimum Gasteiger partial charge on any atom is -0.497 e. The number of hydrogen-bond donors (Lipinski definition) is 0. The van der Waals surface area contributed by atoms with Crippen LogP contribution < -0.4 is 4.74 Å². The summed E-state index contributed by atoms with van der Waals surface area (Å²) in [6.45, 7) is 3.99. The van der Waals surface area contributed by atoms with Gasteiger partial charge in [0.1, 0.15) is 11.4 Å². The molecule has 0 unspecified atom stereocenters. The highest BCUT2D eigenvalue weighted by Gasteiger charge is 2.27. The molecule has 0 aliphatic carbocycles. The molecule has 1 aromatic heterocycles. The van der Waals surface area contributed by atoms with Crippen molar-refractivity contribution in [2.24, 2.45) is 7.05 Å². The monoisotopic (exact) mass is 372 g/mol. The molecule has 1 saturated heterocycles. The first-order valence-corrected chi connectivity index (χ1v) is 8.93. The van der Waals surface area contributed by atoms with Crippen molar-refractivity contribution in [1.29, 1.82) is 0 Å². The lowest BCUT2D eigenvalue weighted by Gasteiger charge is -2.33. The third kappa shape index (κ3) is 4.05. The Bertz CT molecular complexity index is 825. The van der Waals surface area contributed by atoms with Crippen LogP contribution in [0.25, 0.3) is 11.3 Å². The zero-order valence-electron chi connectivity index (χ0n) is 15.8. The molecule has 8 nitrogen and oxygen atoms in total. The summed E-state index contributed by atoms with van der Waals surface area (Å²) in [5.41, 5.74) is 2.11. The first-order valence-electron chi connectivity index (χ1n) is 8.93. The van der Waals surface area contributed by atoms with Gasteiger partial charge in [0.05, 0.1) is 19.4 Å². The topological polar surface area (TPSA) is 76.9 Å². The Morgan fingerprint density at radius 2 is 1.81 bits per heavy atom. The number of amides is 2. The van der Waals surface area contributed by atoms with Crippen LogP contribution in [0.2, 0.25) is 0 Å². The lowest BCUT2D eigenvalue weighted by Crippen LogP contribution is -2.51. The third-order valence-electron chi connectivity index (χ3n) is 4.56. The van der Waals surface area contributed by atoms with Crippen molar-refractivity contribution >= 4 is 12.0 Å². The molecule has 2 heterocycles. The Morgan fingerprint density at radius 1 is 1.11 bits per heavy atom. The summed E-state index contributed by atoms with van der Waals surface area (Å²) < 4.78 is 11.9.